The van der Waals surface area contributed by atoms with E-state index in [0.717, 1.165) is 31.6 Å². The van der Waals surface area contributed by atoms with E-state index in [0.29, 0.717) is 12.3 Å². The van der Waals surface area contributed by atoms with Gasteiger partial charge in [0.2, 0.25) is 5.91 Å². The summed E-state index contributed by atoms with van der Waals surface area (Å²) in [6, 6.07) is 0. The van der Waals surface area contributed by atoms with Crippen LogP contribution in [0.15, 0.2) is 0 Å². The topological polar surface area (TPSA) is 49.3 Å². The lowest BCUT2D eigenvalue weighted by molar-refractivity contribution is -0.124. The predicted molar refractivity (Wildman–Crippen MR) is 76.8 cm³/mol. The van der Waals surface area contributed by atoms with E-state index in [2.05, 4.69) is 12.2 Å². The molecule has 3 nitrogen and oxygen atoms in total. The van der Waals surface area contributed by atoms with Gasteiger partial charge in [0, 0.05) is 6.42 Å². The molecule has 2 saturated carbocycles. The molecule has 19 heavy (non-hydrogen) atoms. The summed E-state index contributed by atoms with van der Waals surface area (Å²) in [5.74, 6) is 1.52. The van der Waals surface area contributed by atoms with Crippen LogP contribution in [0.3, 0.4) is 0 Å². The first-order chi connectivity index (χ1) is 9.13. The van der Waals surface area contributed by atoms with Gasteiger partial charge in [0.1, 0.15) is 0 Å². The van der Waals surface area contributed by atoms with Gasteiger partial charge in [-0.3, -0.25) is 4.79 Å². The number of nitrogens with one attached hydrogen (secondary N) is 1. The van der Waals surface area contributed by atoms with E-state index in [1.165, 1.54) is 32.1 Å². The summed E-state index contributed by atoms with van der Waals surface area (Å²) in [5, 5.41) is 12.8. The van der Waals surface area contributed by atoms with Gasteiger partial charge in [0.15, 0.2) is 0 Å². The molecule has 3 heteroatoms. The van der Waals surface area contributed by atoms with Crippen molar-refractivity contribution in [1.29, 1.82) is 0 Å². The van der Waals surface area contributed by atoms with Crippen molar-refractivity contribution in [3.8, 4) is 0 Å². The molecule has 0 aromatic rings. The first-order valence-corrected chi connectivity index (χ1v) is 8.05. The van der Waals surface area contributed by atoms with E-state index in [9.17, 15) is 9.90 Å². The smallest absolute Gasteiger partial charge is 0.220 e. The van der Waals surface area contributed by atoms with E-state index < -0.39 is 0 Å². The maximum Gasteiger partial charge on any atom is 0.220 e. The molecule has 0 aromatic carbocycles. The lowest BCUT2D eigenvalue weighted by atomic mass is 9.76. The molecule has 0 bridgehead atoms. The van der Waals surface area contributed by atoms with Crippen LogP contribution in [0.5, 0.6) is 0 Å². The Morgan fingerprint density at radius 3 is 2.63 bits per heavy atom. The van der Waals surface area contributed by atoms with Crippen molar-refractivity contribution in [3.05, 3.63) is 0 Å². The van der Waals surface area contributed by atoms with Crippen molar-refractivity contribution < 1.29 is 9.90 Å². The number of carbonyl (C=O) groups excluding carboxylic acids is 1. The first kappa shape index (κ1) is 14.8. The van der Waals surface area contributed by atoms with E-state index in [1.54, 1.807) is 0 Å². The minimum absolute atomic E-state index is 0.0898. The average Bonchev–Trinajstić information content (AvgIpc) is 2.89. The zero-order valence-electron chi connectivity index (χ0n) is 12.3. The number of hydrogen-bond acceptors (Lipinski definition) is 2. The molecule has 0 aliphatic heterocycles. The van der Waals surface area contributed by atoms with Gasteiger partial charge in [-0.1, -0.05) is 45.4 Å². The second kappa shape index (κ2) is 6.74. The predicted octanol–water partition coefficient (Wildman–Crippen LogP) is 3.01. The molecule has 0 aromatic heterocycles. The Morgan fingerprint density at radius 2 is 2.00 bits per heavy atom. The van der Waals surface area contributed by atoms with Gasteiger partial charge in [-0.2, -0.15) is 0 Å². The molecule has 2 unspecified atom stereocenters. The van der Waals surface area contributed by atoms with Gasteiger partial charge >= 0.3 is 0 Å². The van der Waals surface area contributed by atoms with Crippen LogP contribution in [0.2, 0.25) is 0 Å². The normalized spacial score (nSPS) is 32.4. The molecule has 0 saturated heterocycles. The van der Waals surface area contributed by atoms with Gasteiger partial charge in [-0.25, -0.2) is 0 Å². The molecule has 0 heterocycles. The molecule has 110 valence electrons. The molecule has 2 fully saturated rings. The third-order valence-electron chi connectivity index (χ3n) is 5.05. The third-order valence-corrected chi connectivity index (χ3v) is 5.05. The number of hydrogen-bond donors (Lipinski definition) is 2. The molecule has 2 N–H and O–H groups in total. The molecule has 1 amide bonds. The molecule has 2 atom stereocenters. The van der Waals surface area contributed by atoms with E-state index in [-0.39, 0.29) is 18.1 Å². The number of carbonyl (C=O) groups is 1. The Kier molecular flexibility index (Phi) is 5.26. The summed E-state index contributed by atoms with van der Waals surface area (Å²) in [6.07, 6.45) is 11.1. The van der Waals surface area contributed by atoms with Crippen molar-refractivity contribution in [2.45, 2.75) is 76.7 Å². The van der Waals surface area contributed by atoms with Gasteiger partial charge in [0.25, 0.3) is 0 Å². The maximum absolute atomic E-state index is 12.1. The SMILES string of the molecule is CC1CCCC(CO)(NC(=O)CCC2CCCC2)C1. The van der Waals surface area contributed by atoms with Crippen LogP contribution in [-0.4, -0.2) is 23.2 Å². The summed E-state index contributed by atoms with van der Waals surface area (Å²) >= 11 is 0. The summed E-state index contributed by atoms with van der Waals surface area (Å²) < 4.78 is 0. The Labute approximate surface area is 117 Å². The molecule has 2 aliphatic carbocycles. The largest absolute Gasteiger partial charge is 0.394 e. The van der Waals surface area contributed by atoms with Crippen molar-refractivity contribution in [2.24, 2.45) is 11.8 Å². The fourth-order valence-electron chi connectivity index (χ4n) is 3.95. The minimum Gasteiger partial charge on any atom is -0.394 e. The molecule has 0 spiro atoms. The van der Waals surface area contributed by atoms with Crippen LogP contribution < -0.4 is 5.32 Å². The van der Waals surface area contributed by atoms with E-state index in [4.69, 9.17) is 0 Å². The van der Waals surface area contributed by atoms with Crippen LogP contribution in [-0.2, 0) is 4.79 Å². The summed E-state index contributed by atoms with van der Waals surface area (Å²) in [5.41, 5.74) is -0.329. The number of aliphatic hydroxyl groups is 1. The molecular weight excluding hydrogens is 238 g/mol. The van der Waals surface area contributed by atoms with Crippen LogP contribution in [0.4, 0.5) is 0 Å². The highest BCUT2D eigenvalue weighted by atomic mass is 16.3. The fourth-order valence-corrected chi connectivity index (χ4v) is 3.95. The van der Waals surface area contributed by atoms with Crippen LogP contribution in [0.1, 0.15) is 71.1 Å². The van der Waals surface area contributed by atoms with Crippen molar-refractivity contribution in [3.63, 3.8) is 0 Å². The second-order valence-electron chi connectivity index (χ2n) is 6.88. The van der Waals surface area contributed by atoms with Crippen molar-refractivity contribution in [1.82, 2.24) is 5.32 Å². The van der Waals surface area contributed by atoms with E-state index >= 15 is 0 Å². The average molecular weight is 267 g/mol. The summed E-state index contributed by atoms with van der Waals surface area (Å²) in [6.45, 7) is 2.31. The summed E-state index contributed by atoms with van der Waals surface area (Å²) in [7, 11) is 0. The Hall–Kier alpha value is -0.570. The highest BCUT2D eigenvalue weighted by molar-refractivity contribution is 5.76. The third kappa shape index (κ3) is 4.20. The highest BCUT2D eigenvalue weighted by Crippen LogP contribution is 2.32. The number of amides is 1. The Balaban J connectivity index is 1.78. The van der Waals surface area contributed by atoms with Gasteiger partial charge < -0.3 is 10.4 Å². The monoisotopic (exact) mass is 267 g/mol. The fraction of sp³-hybridized carbons (Fsp3) is 0.938. The zero-order valence-corrected chi connectivity index (χ0v) is 12.3. The maximum atomic E-state index is 12.1. The first-order valence-electron chi connectivity index (χ1n) is 8.05. The zero-order chi connectivity index (χ0) is 13.7. The van der Waals surface area contributed by atoms with Crippen LogP contribution in [0, 0.1) is 11.8 Å². The molecule has 2 rings (SSSR count). The summed E-state index contributed by atoms with van der Waals surface area (Å²) in [4.78, 5) is 12.1. The van der Waals surface area contributed by atoms with Gasteiger partial charge in [-0.15, -0.1) is 0 Å². The molecular formula is C16H29NO2. The molecule has 2 aliphatic rings. The Bertz CT molecular complexity index is 299. The van der Waals surface area contributed by atoms with Crippen LogP contribution >= 0.6 is 0 Å². The van der Waals surface area contributed by atoms with Crippen molar-refractivity contribution in [2.75, 3.05) is 6.61 Å². The minimum atomic E-state index is -0.329. The van der Waals surface area contributed by atoms with Crippen molar-refractivity contribution >= 4 is 5.91 Å². The number of aliphatic hydroxyl groups excluding tert-OH is 1. The Morgan fingerprint density at radius 1 is 1.26 bits per heavy atom. The van der Waals surface area contributed by atoms with Crippen LogP contribution in [0.25, 0.3) is 0 Å². The van der Waals surface area contributed by atoms with E-state index in [1.807, 2.05) is 0 Å². The molecule has 0 radical (unpaired) electrons. The van der Waals surface area contributed by atoms with Gasteiger partial charge in [-0.05, 0) is 31.1 Å². The second-order valence-corrected chi connectivity index (χ2v) is 6.88. The highest BCUT2D eigenvalue weighted by Gasteiger charge is 2.35. The number of rotatable bonds is 5. The quantitative estimate of drug-likeness (QED) is 0.804. The standard InChI is InChI=1S/C16H29NO2/c1-13-5-4-10-16(11-13,12-18)17-15(19)9-8-14-6-2-3-7-14/h13-14,18H,2-12H2,1H3,(H,17,19). The lowest BCUT2D eigenvalue weighted by Crippen LogP contribution is -2.53. The van der Waals surface area contributed by atoms with Gasteiger partial charge in [0.05, 0.1) is 12.1 Å². The lowest BCUT2D eigenvalue weighted by Gasteiger charge is -2.39.